The van der Waals surface area contributed by atoms with E-state index in [1.54, 1.807) is 0 Å². The number of hydrogen-bond acceptors (Lipinski definition) is 3. The Labute approximate surface area is 90.9 Å². The van der Waals surface area contributed by atoms with Gasteiger partial charge in [-0.2, -0.15) is 0 Å². The summed E-state index contributed by atoms with van der Waals surface area (Å²) >= 11 is 0. The van der Waals surface area contributed by atoms with Crippen LogP contribution in [0.15, 0.2) is 6.07 Å². The van der Waals surface area contributed by atoms with Crippen LogP contribution in [-0.2, 0) is 28.8 Å². The molecule has 0 radical (unpaired) electrons. The van der Waals surface area contributed by atoms with E-state index in [9.17, 15) is 0 Å². The highest BCUT2D eigenvalue weighted by molar-refractivity contribution is 5.48. The lowest BCUT2D eigenvalue weighted by atomic mass is 9.92. The zero-order valence-electron chi connectivity index (χ0n) is 10.1. The van der Waals surface area contributed by atoms with Gasteiger partial charge in [0.25, 0.3) is 0 Å². The van der Waals surface area contributed by atoms with Gasteiger partial charge < -0.3 is 10.3 Å². The lowest BCUT2D eigenvalue weighted by Gasteiger charge is -2.20. The summed E-state index contributed by atoms with van der Waals surface area (Å²) in [6.07, 6.45) is 0. The standard InChI is InChI=1S/C11H20N2O2/c1-11(2,3)10-6-8(12)9(13(10)4)7-15-14-5/h6H,7,12H2,1-5H3. The van der Waals surface area contributed by atoms with Gasteiger partial charge in [0.2, 0.25) is 0 Å². The highest BCUT2D eigenvalue weighted by Gasteiger charge is 2.21. The molecule has 0 amide bonds. The maximum Gasteiger partial charge on any atom is 0.124 e. The van der Waals surface area contributed by atoms with Gasteiger partial charge in [-0.05, 0) is 6.07 Å². The van der Waals surface area contributed by atoms with Crippen LogP contribution < -0.4 is 5.73 Å². The molecule has 0 fully saturated rings. The molecule has 1 aromatic rings. The third kappa shape index (κ3) is 2.52. The molecule has 86 valence electrons. The van der Waals surface area contributed by atoms with Gasteiger partial charge in [0.05, 0.1) is 18.5 Å². The van der Waals surface area contributed by atoms with Crippen LogP contribution in [0, 0.1) is 0 Å². The highest BCUT2D eigenvalue weighted by Crippen LogP contribution is 2.28. The lowest BCUT2D eigenvalue weighted by Crippen LogP contribution is -2.17. The Morgan fingerprint density at radius 1 is 1.40 bits per heavy atom. The van der Waals surface area contributed by atoms with Crippen LogP contribution in [0.25, 0.3) is 0 Å². The highest BCUT2D eigenvalue weighted by atomic mass is 17.2. The zero-order chi connectivity index (χ0) is 11.6. The molecule has 15 heavy (non-hydrogen) atoms. The lowest BCUT2D eigenvalue weighted by molar-refractivity contribution is -0.283. The van der Waals surface area contributed by atoms with Crippen LogP contribution in [0.5, 0.6) is 0 Å². The smallest absolute Gasteiger partial charge is 0.124 e. The maximum absolute atomic E-state index is 5.92. The molecule has 0 aliphatic heterocycles. The summed E-state index contributed by atoms with van der Waals surface area (Å²) in [6.45, 7) is 6.84. The molecule has 1 rings (SSSR count). The second kappa shape index (κ2) is 4.24. The molecule has 0 atom stereocenters. The number of nitrogens with zero attached hydrogens (tertiary/aromatic N) is 1. The fourth-order valence-corrected chi connectivity index (χ4v) is 1.68. The van der Waals surface area contributed by atoms with Crippen molar-refractivity contribution >= 4 is 5.69 Å². The molecule has 0 saturated heterocycles. The summed E-state index contributed by atoms with van der Waals surface area (Å²) in [4.78, 5) is 9.49. The average molecular weight is 212 g/mol. The first-order valence-corrected chi connectivity index (χ1v) is 4.98. The van der Waals surface area contributed by atoms with E-state index in [1.165, 1.54) is 12.8 Å². The summed E-state index contributed by atoms with van der Waals surface area (Å²) in [7, 11) is 3.48. The fraction of sp³-hybridized carbons (Fsp3) is 0.636. The van der Waals surface area contributed by atoms with Gasteiger partial charge in [0.1, 0.15) is 6.61 Å². The van der Waals surface area contributed by atoms with Crippen molar-refractivity contribution in [3.8, 4) is 0 Å². The van der Waals surface area contributed by atoms with E-state index in [-0.39, 0.29) is 5.41 Å². The van der Waals surface area contributed by atoms with Crippen LogP contribution in [0.4, 0.5) is 5.69 Å². The molecule has 4 nitrogen and oxygen atoms in total. The van der Waals surface area contributed by atoms with E-state index in [0.29, 0.717) is 6.61 Å². The van der Waals surface area contributed by atoms with E-state index in [4.69, 9.17) is 10.6 Å². The number of hydrogen-bond donors (Lipinski definition) is 1. The third-order valence-electron chi connectivity index (χ3n) is 2.47. The van der Waals surface area contributed by atoms with E-state index in [2.05, 4.69) is 30.2 Å². The largest absolute Gasteiger partial charge is 0.397 e. The first-order valence-electron chi connectivity index (χ1n) is 4.98. The predicted octanol–water partition coefficient (Wildman–Crippen LogP) is 1.98. The second-order valence-electron chi connectivity index (χ2n) is 4.67. The number of rotatable bonds is 3. The molecule has 0 spiro atoms. The molecule has 1 heterocycles. The Hall–Kier alpha value is -1.00. The van der Waals surface area contributed by atoms with Crippen molar-refractivity contribution in [1.29, 1.82) is 0 Å². The van der Waals surface area contributed by atoms with Gasteiger partial charge in [-0.3, -0.25) is 0 Å². The minimum atomic E-state index is 0.0776. The van der Waals surface area contributed by atoms with Gasteiger partial charge in [0, 0.05) is 18.2 Å². The minimum Gasteiger partial charge on any atom is -0.397 e. The van der Waals surface area contributed by atoms with Crippen molar-refractivity contribution in [2.45, 2.75) is 32.8 Å². The quantitative estimate of drug-likeness (QED) is 0.615. The Morgan fingerprint density at radius 2 is 2.00 bits per heavy atom. The zero-order valence-corrected chi connectivity index (χ0v) is 10.1. The molecule has 1 aromatic heterocycles. The maximum atomic E-state index is 5.92. The molecular formula is C11H20N2O2. The van der Waals surface area contributed by atoms with E-state index < -0.39 is 0 Å². The number of anilines is 1. The van der Waals surface area contributed by atoms with Crippen LogP contribution >= 0.6 is 0 Å². The molecular weight excluding hydrogens is 192 g/mol. The molecule has 0 bridgehead atoms. The molecule has 0 aliphatic rings. The summed E-state index contributed by atoms with van der Waals surface area (Å²) in [5, 5.41) is 0. The number of nitrogen functional groups attached to an aromatic ring is 1. The van der Waals surface area contributed by atoms with Gasteiger partial charge in [-0.25, -0.2) is 9.78 Å². The summed E-state index contributed by atoms with van der Waals surface area (Å²) in [5.41, 5.74) is 8.89. The van der Waals surface area contributed by atoms with Crippen molar-refractivity contribution in [2.24, 2.45) is 7.05 Å². The average Bonchev–Trinajstić information content (AvgIpc) is 2.39. The van der Waals surface area contributed by atoms with Crippen molar-refractivity contribution < 1.29 is 9.78 Å². The Balaban J connectivity index is 3.04. The molecule has 0 aliphatic carbocycles. The Morgan fingerprint density at radius 3 is 2.40 bits per heavy atom. The van der Waals surface area contributed by atoms with Crippen molar-refractivity contribution in [1.82, 2.24) is 4.57 Å². The van der Waals surface area contributed by atoms with Gasteiger partial charge in [-0.15, -0.1) is 0 Å². The van der Waals surface area contributed by atoms with E-state index >= 15 is 0 Å². The third-order valence-corrected chi connectivity index (χ3v) is 2.47. The second-order valence-corrected chi connectivity index (χ2v) is 4.67. The van der Waals surface area contributed by atoms with Crippen LogP contribution in [0.1, 0.15) is 32.2 Å². The normalized spacial score (nSPS) is 12.1. The number of aromatic nitrogens is 1. The van der Waals surface area contributed by atoms with E-state index in [0.717, 1.165) is 11.4 Å². The Kier molecular flexibility index (Phi) is 3.42. The predicted molar refractivity (Wildman–Crippen MR) is 60.3 cm³/mol. The molecule has 0 saturated carbocycles. The molecule has 0 unspecified atom stereocenters. The van der Waals surface area contributed by atoms with Crippen molar-refractivity contribution in [3.63, 3.8) is 0 Å². The summed E-state index contributed by atoms with van der Waals surface area (Å²) < 4.78 is 2.06. The Bertz CT molecular complexity index is 337. The SMILES string of the molecule is COOCc1c(N)cc(C(C)(C)C)n1C. The van der Waals surface area contributed by atoms with Crippen LogP contribution in [0.2, 0.25) is 0 Å². The number of nitrogens with two attached hydrogens (primary N) is 1. The van der Waals surface area contributed by atoms with Gasteiger partial charge >= 0.3 is 0 Å². The van der Waals surface area contributed by atoms with Gasteiger partial charge in [-0.1, -0.05) is 20.8 Å². The first kappa shape index (κ1) is 12.1. The van der Waals surface area contributed by atoms with Crippen molar-refractivity contribution in [2.75, 3.05) is 12.8 Å². The summed E-state index contributed by atoms with van der Waals surface area (Å²) in [5.74, 6) is 0. The van der Waals surface area contributed by atoms with Crippen LogP contribution in [0.3, 0.4) is 0 Å². The topological polar surface area (TPSA) is 49.4 Å². The van der Waals surface area contributed by atoms with E-state index in [1.807, 2.05) is 13.1 Å². The molecule has 0 aromatic carbocycles. The molecule has 4 heteroatoms. The summed E-state index contributed by atoms with van der Waals surface area (Å²) in [6, 6.07) is 1.99. The monoisotopic (exact) mass is 212 g/mol. The molecule has 2 N–H and O–H groups in total. The van der Waals surface area contributed by atoms with Crippen LogP contribution in [-0.4, -0.2) is 11.7 Å². The minimum absolute atomic E-state index is 0.0776. The fourth-order valence-electron chi connectivity index (χ4n) is 1.68. The van der Waals surface area contributed by atoms with Crippen molar-refractivity contribution in [3.05, 3.63) is 17.5 Å². The van der Waals surface area contributed by atoms with Gasteiger partial charge in [0.15, 0.2) is 0 Å². The first-order chi connectivity index (χ1) is 6.88.